The van der Waals surface area contributed by atoms with Crippen LogP contribution in [-0.4, -0.2) is 68.4 Å². The van der Waals surface area contributed by atoms with E-state index in [2.05, 4.69) is 48.9 Å². The highest BCUT2D eigenvalue weighted by Gasteiger charge is 2.30. The molecule has 2 N–H and O–H groups in total. The third-order valence-electron chi connectivity index (χ3n) is 7.45. The number of halogens is 1. The topological polar surface area (TPSA) is 103 Å². The quantitative estimate of drug-likeness (QED) is 0.329. The predicted octanol–water partition coefficient (Wildman–Crippen LogP) is 4.90. The minimum absolute atomic E-state index is 0.0786. The zero-order valence-electron chi connectivity index (χ0n) is 23.6. The second-order valence-corrected chi connectivity index (χ2v) is 11.6. The van der Waals surface area contributed by atoms with Crippen LogP contribution in [0.3, 0.4) is 0 Å². The van der Waals surface area contributed by atoms with Crippen LogP contribution in [0.5, 0.6) is 0 Å². The molecule has 1 atom stereocenters. The number of aromatic nitrogens is 3. The molecule has 0 saturated carbocycles. The van der Waals surface area contributed by atoms with Crippen LogP contribution in [0.2, 0.25) is 5.15 Å². The van der Waals surface area contributed by atoms with Gasteiger partial charge in [-0.1, -0.05) is 11.6 Å². The predicted molar refractivity (Wildman–Crippen MR) is 159 cm³/mol. The second-order valence-electron chi connectivity index (χ2n) is 10.5. The summed E-state index contributed by atoms with van der Waals surface area (Å²) in [7, 11) is 0. The van der Waals surface area contributed by atoms with Crippen molar-refractivity contribution < 1.29 is 9.59 Å². The third-order valence-corrected chi connectivity index (χ3v) is 8.38. The fourth-order valence-electron chi connectivity index (χ4n) is 5.16. The van der Waals surface area contributed by atoms with Crippen molar-refractivity contribution in [2.75, 3.05) is 19.6 Å². The van der Waals surface area contributed by atoms with E-state index in [1.165, 1.54) is 0 Å². The van der Waals surface area contributed by atoms with Gasteiger partial charge in [-0.05, 0) is 81.0 Å². The minimum atomic E-state index is -0.114. The standard InChI is InChI=1S/C29H38ClN7O2S/c1-19-13-26(30)35-22(4)27(19)28(38)31-9-5-21(3)36-10-6-25(7-11-36)37(17-23-8-12-40-18-23)29(39)34-16-24-15-32-20(2)14-33-24/h8,12-15,18,21,25H,5-7,9-11,16-17H2,1-4H3,(H,31,38)(H,34,39). The Hall–Kier alpha value is -3.08. The number of hydrogen-bond donors (Lipinski definition) is 2. The number of nitrogens with zero attached hydrogens (tertiary/aromatic N) is 5. The van der Waals surface area contributed by atoms with Gasteiger partial charge in [-0.25, -0.2) is 9.78 Å². The molecule has 1 unspecified atom stereocenters. The fraction of sp³-hybridized carbons (Fsp3) is 0.483. The molecule has 0 radical (unpaired) electrons. The van der Waals surface area contributed by atoms with Crippen LogP contribution >= 0.6 is 22.9 Å². The summed E-state index contributed by atoms with van der Waals surface area (Å²) in [6, 6.07) is 4.17. The van der Waals surface area contributed by atoms with Gasteiger partial charge in [0.2, 0.25) is 0 Å². The molecule has 1 saturated heterocycles. The van der Waals surface area contributed by atoms with Gasteiger partial charge >= 0.3 is 6.03 Å². The Morgan fingerprint density at radius 2 is 1.95 bits per heavy atom. The lowest BCUT2D eigenvalue weighted by Gasteiger charge is -2.40. The molecule has 11 heteroatoms. The van der Waals surface area contributed by atoms with Gasteiger partial charge in [0.25, 0.3) is 5.91 Å². The van der Waals surface area contributed by atoms with E-state index in [1.54, 1.807) is 36.7 Å². The molecule has 0 aromatic carbocycles. The molecule has 3 amide bonds. The number of thiophene rings is 1. The summed E-state index contributed by atoms with van der Waals surface area (Å²) in [5.74, 6) is -0.114. The maximum absolute atomic E-state index is 13.3. The van der Waals surface area contributed by atoms with Crippen LogP contribution in [0.25, 0.3) is 0 Å². The molecule has 9 nitrogen and oxygen atoms in total. The molecule has 0 aliphatic carbocycles. The fourth-order valence-corrected chi connectivity index (χ4v) is 6.11. The average molecular weight is 584 g/mol. The number of pyridine rings is 1. The summed E-state index contributed by atoms with van der Waals surface area (Å²) in [5.41, 5.74) is 4.79. The number of urea groups is 1. The van der Waals surface area contributed by atoms with Crippen molar-refractivity contribution in [2.45, 2.75) is 72.1 Å². The van der Waals surface area contributed by atoms with Gasteiger partial charge in [-0.2, -0.15) is 11.3 Å². The summed E-state index contributed by atoms with van der Waals surface area (Å²) in [6.45, 7) is 11.1. The largest absolute Gasteiger partial charge is 0.352 e. The molecule has 1 aliphatic heterocycles. The van der Waals surface area contributed by atoms with Gasteiger partial charge in [0.1, 0.15) is 5.15 Å². The molecule has 3 aromatic heterocycles. The molecule has 0 spiro atoms. The Morgan fingerprint density at radius 1 is 1.18 bits per heavy atom. The van der Waals surface area contributed by atoms with E-state index in [1.807, 2.05) is 24.1 Å². The lowest BCUT2D eigenvalue weighted by molar-refractivity contribution is 0.0903. The van der Waals surface area contributed by atoms with Gasteiger partial charge in [-0.15, -0.1) is 0 Å². The highest BCUT2D eigenvalue weighted by molar-refractivity contribution is 7.07. The van der Waals surface area contributed by atoms with Crippen LogP contribution in [0.1, 0.15) is 64.8 Å². The van der Waals surface area contributed by atoms with Gasteiger partial charge in [0.15, 0.2) is 0 Å². The van der Waals surface area contributed by atoms with Gasteiger partial charge in [-0.3, -0.25) is 14.8 Å². The molecule has 1 aliphatic rings. The zero-order valence-corrected chi connectivity index (χ0v) is 25.2. The van der Waals surface area contributed by atoms with Crippen LogP contribution in [0.15, 0.2) is 35.3 Å². The Kier molecular flexibility index (Phi) is 10.5. The van der Waals surface area contributed by atoms with Gasteiger partial charge < -0.3 is 20.4 Å². The van der Waals surface area contributed by atoms with Crippen LogP contribution in [-0.2, 0) is 13.1 Å². The van der Waals surface area contributed by atoms with E-state index in [4.69, 9.17) is 11.6 Å². The number of carbonyl (C=O) groups is 2. The van der Waals surface area contributed by atoms with Crippen molar-refractivity contribution in [3.05, 3.63) is 74.2 Å². The second kappa shape index (κ2) is 14.0. The van der Waals surface area contributed by atoms with E-state index < -0.39 is 0 Å². The van der Waals surface area contributed by atoms with E-state index in [-0.39, 0.29) is 18.0 Å². The maximum atomic E-state index is 13.3. The summed E-state index contributed by atoms with van der Waals surface area (Å²) in [6.07, 6.45) is 6.05. The Balaban J connectivity index is 1.28. The van der Waals surface area contributed by atoms with Crippen molar-refractivity contribution in [2.24, 2.45) is 0 Å². The first-order valence-electron chi connectivity index (χ1n) is 13.7. The van der Waals surface area contributed by atoms with Crippen molar-refractivity contribution >= 4 is 34.9 Å². The van der Waals surface area contributed by atoms with Gasteiger partial charge in [0, 0.05) is 44.5 Å². The Bertz CT molecular complexity index is 1260. The number of likely N-dealkylation sites (tertiary alicyclic amines) is 1. The van der Waals surface area contributed by atoms with Crippen molar-refractivity contribution in [3.63, 3.8) is 0 Å². The third kappa shape index (κ3) is 7.99. The van der Waals surface area contributed by atoms with E-state index in [0.717, 1.165) is 54.9 Å². The SMILES string of the molecule is Cc1cnc(CNC(=O)N(Cc2ccsc2)C2CCN(C(C)CCNC(=O)c3c(C)cc(Cl)nc3C)CC2)cn1. The molecular formula is C29H38ClN7O2S. The summed E-state index contributed by atoms with van der Waals surface area (Å²) in [4.78, 5) is 43.4. The normalized spacial score (nSPS) is 15.0. The maximum Gasteiger partial charge on any atom is 0.318 e. The monoisotopic (exact) mass is 583 g/mol. The van der Waals surface area contributed by atoms with Gasteiger partial charge in [0.05, 0.1) is 35.4 Å². The van der Waals surface area contributed by atoms with Crippen molar-refractivity contribution in [3.8, 4) is 0 Å². The molecule has 0 bridgehead atoms. The van der Waals surface area contributed by atoms with Crippen LogP contribution in [0, 0.1) is 20.8 Å². The number of aryl methyl sites for hydroxylation is 3. The number of amides is 3. The number of hydrogen-bond acceptors (Lipinski definition) is 7. The van der Waals surface area contributed by atoms with E-state index >= 15 is 0 Å². The average Bonchev–Trinajstić information content (AvgIpc) is 3.44. The minimum Gasteiger partial charge on any atom is -0.352 e. The number of carbonyl (C=O) groups excluding carboxylic acids is 2. The Labute approximate surface area is 245 Å². The molecule has 40 heavy (non-hydrogen) atoms. The van der Waals surface area contributed by atoms with Crippen molar-refractivity contribution in [1.29, 1.82) is 0 Å². The Morgan fingerprint density at radius 3 is 2.60 bits per heavy atom. The first-order chi connectivity index (χ1) is 19.2. The summed E-state index contributed by atoms with van der Waals surface area (Å²) in [5, 5.41) is 10.6. The molecular weight excluding hydrogens is 546 g/mol. The molecule has 4 rings (SSSR count). The van der Waals surface area contributed by atoms with Crippen molar-refractivity contribution in [1.82, 2.24) is 35.4 Å². The first-order valence-corrected chi connectivity index (χ1v) is 15.0. The first kappa shape index (κ1) is 29.9. The number of nitrogens with one attached hydrogen (secondary N) is 2. The van der Waals surface area contributed by atoms with E-state index in [0.29, 0.717) is 42.1 Å². The van der Waals surface area contributed by atoms with E-state index in [9.17, 15) is 9.59 Å². The lowest BCUT2D eigenvalue weighted by Crippen LogP contribution is -2.51. The molecule has 4 heterocycles. The molecule has 214 valence electrons. The highest BCUT2D eigenvalue weighted by Crippen LogP contribution is 2.23. The van der Waals surface area contributed by atoms with Crippen LogP contribution < -0.4 is 10.6 Å². The molecule has 1 fully saturated rings. The summed E-state index contributed by atoms with van der Waals surface area (Å²) >= 11 is 7.65. The highest BCUT2D eigenvalue weighted by atomic mass is 35.5. The number of rotatable bonds is 10. The lowest BCUT2D eigenvalue weighted by atomic mass is 10.0. The summed E-state index contributed by atoms with van der Waals surface area (Å²) < 4.78 is 0. The molecule has 3 aromatic rings. The zero-order chi connectivity index (χ0) is 28.6. The van der Waals surface area contributed by atoms with Crippen LogP contribution in [0.4, 0.5) is 4.79 Å². The smallest absolute Gasteiger partial charge is 0.318 e. The number of piperidine rings is 1.